The van der Waals surface area contributed by atoms with Gasteiger partial charge in [0.2, 0.25) is 54.1 Å². The molecule has 0 aromatic carbocycles. The third kappa shape index (κ3) is 19.7. The zero-order valence-electron chi connectivity index (χ0n) is 84.4. The van der Waals surface area contributed by atoms with Crippen LogP contribution < -0.4 is 28.6 Å². The van der Waals surface area contributed by atoms with Gasteiger partial charge in [0, 0.05) is 89.3 Å². The summed E-state index contributed by atoms with van der Waals surface area (Å²) in [6.07, 6.45) is 34.6. The van der Waals surface area contributed by atoms with E-state index >= 15 is 0 Å². The Bertz CT molecular complexity index is 7490. The largest absolute Gasteiger partial charge is 0.543 e. The van der Waals surface area contributed by atoms with E-state index in [0.717, 1.165) is 35.6 Å². The summed E-state index contributed by atoms with van der Waals surface area (Å²) in [5, 5.41) is 22.1. The Hall–Kier alpha value is -12.5. The molecule has 6 amide bonds. The number of hydrogen-bond acceptors (Lipinski definition) is 26. The maximum Gasteiger partial charge on any atom is 0.283 e. The third-order valence-corrected chi connectivity index (χ3v) is 53.1. The number of β-lactam (4-membered cyclic amide) rings is 4. The number of carbonyl (C=O) groups excluding carboxylic acids is 11. The van der Waals surface area contributed by atoms with E-state index in [1.807, 2.05) is 95.4 Å². The Kier molecular flexibility index (Phi) is 31.1. The summed E-state index contributed by atoms with van der Waals surface area (Å²) in [5.41, 5.74) is 13.3. The van der Waals surface area contributed by atoms with E-state index in [1.165, 1.54) is 126 Å². The van der Waals surface area contributed by atoms with Crippen molar-refractivity contribution < 1.29 is 97.9 Å². The Balaban J connectivity index is 0.000000132. The van der Waals surface area contributed by atoms with Crippen molar-refractivity contribution in [2.75, 3.05) is 0 Å². The number of imidazole rings is 4. The molecule has 8 aliphatic heterocycles. The van der Waals surface area contributed by atoms with Crippen molar-refractivity contribution in [3.8, 4) is 0 Å². The number of aliphatic hydroxyl groups is 1. The number of rotatable bonds is 32. The van der Waals surface area contributed by atoms with Crippen LogP contribution in [0.1, 0.15) is 235 Å². The first-order valence-corrected chi connectivity index (χ1v) is 61.4. The molecule has 0 unspecified atom stereocenters. The summed E-state index contributed by atoms with van der Waals surface area (Å²) in [4.78, 5) is 175. The van der Waals surface area contributed by atoms with E-state index in [4.69, 9.17) is 11.5 Å². The Morgan fingerprint density at radius 1 is 0.483 bits per heavy atom. The number of allylic oxidation sites excluding steroid dienone is 3. The second kappa shape index (κ2) is 42.6. The molecule has 20 rings (SSSR count). The molecule has 43 heteroatoms. The summed E-state index contributed by atoms with van der Waals surface area (Å²) in [5.74, 6) is -4.38. The van der Waals surface area contributed by atoms with Crippen LogP contribution in [-0.2, 0) is 61.0 Å². The molecule has 13 atom stereocenters. The number of unbranched alkanes of at least 4 members (excludes halogenated alkanes) is 3. The maximum absolute atomic E-state index is 13.2. The van der Waals surface area contributed by atoms with Gasteiger partial charge in [-0.3, -0.25) is 61.3 Å². The van der Waals surface area contributed by atoms with Gasteiger partial charge >= 0.3 is 199 Å². The Labute approximate surface area is 867 Å². The fraction of sp³-hybridized carbons (Fsp3) is 0.433. The van der Waals surface area contributed by atoms with Gasteiger partial charge in [0.15, 0.2) is 24.8 Å². The number of aromatic nitrogens is 12. The van der Waals surface area contributed by atoms with Gasteiger partial charge in [0.1, 0.15) is 56.3 Å². The van der Waals surface area contributed by atoms with Crippen molar-refractivity contribution in [2.24, 2.45) is 76.6 Å². The number of carbonyl (C=O) groups is 11. The molecule has 4 fully saturated rings. The molecule has 0 spiro atoms. The fourth-order valence-corrected chi connectivity index (χ4v) is 46.8. The van der Waals surface area contributed by atoms with Crippen LogP contribution in [0.15, 0.2) is 177 Å². The average molecular weight is 2210 g/mol. The number of hydrogen-bond donors (Lipinski definition) is 3. The van der Waals surface area contributed by atoms with Crippen LogP contribution in [0.4, 0.5) is 13.2 Å². The van der Waals surface area contributed by atoms with Crippen molar-refractivity contribution in [3.05, 3.63) is 236 Å². The molecule has 0 radical (unpaired) electrons. The van der Waals surface area contributed by atoms with Crippen LogP contribution in [0.3, 0.4) is 0 Å². The van der Waals surface area contributed by atoms with Crippen molar-refractivity contribution in [1.82, 2.24) is 67.1 Å². The van der Waals surface area contributed by atoms with Crippen molar-refractivity contribution in [3.63, 3.8) is 0 Å². The number of nitrogens with zero attached hydrogens (tertiary/aromatic N) is 16. The number of aliphatic carboxylic acids is 1. The Morgan fingerprint density at radius 3 is 1.16 bits per heavy atom. The van der Waals surface area contributed by atoms with Crippen LogP contribution >= 0.6 is 45.3 Å². The average Bonchev–Trinajstić information content (AvgIpc) is 1.55. The normalized spacial score (nSPS) is 21.6. The van der Waals surface area contributed by atoms with Gasteiger partial charge in [-0.05, 0) is 80.9 Å². The minimum absolute atomic E-state index is 0.00193. The van der Waals surface area contributed by atoms with E-state index in [-0.39, 0.29) is 136 Å². The second-order valence-electron chi connectivity index (χ2n) is 40.0. The number of carboxylic acid groups (broad SMARTS) is 1. The molecule has 0 saturated carbocycles. The molecule has 12 aromatic heterocycles. The SMILES string of the molecule is CC1=C(OS(=O)(=O)C(F)(F)F)[C@H](C)[C@@H]2[C@@H](C(C)C)C(=O)N12.CC1=C(c2cn3cnc(C(=O)c4ccc[n+](CC(N)=O)c4)c3s2)[C@H](C)[C@@H]2[C@@H](C(C)C)C(=O)N12.CC1=C(c2cn3cnc(C(=O)c4cccnc4)c3s2)[C@H](C)[C@@H]2[C@@H](C(C)C)C(=O)N12.CCC[CH2][Sn]([CH2]CCC)([CH2]CCC)[c]1cn2cnc(C(=O)c3cccnc3)c2s1.C[C@@H](O)[C@H]1C(=O)N2C(C(=O)[O-])=C(c3cn4cnc(C(=O)c5ccc[n+](CC(N)=O)c5)c4s3)[C@H](C)[C@H]12. The van der Waals surface area contributed by atoms with Crippen LogP contribution in [-0.4, -0.2) is 199 Å². The predicted molar refractivity (Wildman–Crippen MR) is 546 cm³/mol. The molecule has 5 N–H and O–H groups in total. The number of carboxylic acids is 1. The van der Waals surface area contributed by atoms with Crippen molar-refractivity contribution in [2.45, 2.75) is 218 Å². The van der Waals surface area contributed by atoms with Gasteiger partial charge in [-0.1, -0.05) is 69.2 Å². The van der Waals surface area contributed by atoms with Crippen molar-refractivity contribution >= 4 is 177 Å². The topological polar surface area (TPSA) is 442 Å². The van der Waals surface area contributed by atoms with Crippen LogP contribution in [0.2, 0.25) is 13.3 Å². The molecule has 8 aliphatic rings. The van der Waals surface area contributed by atoms with Gasteiger partial charge < -0.3 is 50.3 Å². The number of halogens is 3. The number of pyridine rings is 4. The van der Waals surface area contributed by atoms with Gasteiger partial charge in [-0.15, -0.1) is 34.0 Å². The zero-order valence-corrected chi connectivity index (χ0v) is 91.4. The van der Waals surface area contributed by atoms with Crippen LogP contribution in [0, 0.1) is 65.1 Å². The van der Waals surface area contributed by atoms with Crippen molar-refractivity contribution in [1.29, 1.82) is 0 Å². The minimum Gasteiger partial charge on any atom is -0.543 e. The number of thiazole rings is 4. The summed E-state index contributed by atoms with van der Waals surface area (Å²) in [7, 11) is -5.72. The smallest absolute Gasteiger partial charge is 0.283 e. The number of fused-ring (bicyclic) bond motifs is 8. The number of ketones is 4. The van der Waals surface area contributed by atoms with E-state index in [1.54, 1.807) is 129 Å². The first-order valence-electron chi connectivity index (χ1n) is 49.2. The quantitative estimate of drug-likeness (QED) is 0.00880. The second-order valence-corrected chi connectivity index (χ2v) is 59.8. The molecule has 147 heavy (non-hydrogen) atoms. The monoisotopic (exact) mass is 2210 g/mol. The molecular weight excluding hydrogens is 2090 g/mol. The number of alkyl halides is 3. The maximum atomic E-state index is 13.2. The van der Waals surface area contributed by atoms with Crippen LogP contribution in [0.5, 0.6) is 0 Å². The number of primary amides is 2. The molecule has 774 valence electrons. The number of aliphatic hydroxyl groups excluding tert-OH is 1. The minimum atomic E-state index is -5.72. The standard InChI is InChI=1S/C24H25N5O3S.C23H21N5O6S.C22H22N4O2S.C12H16F3NO4S.C11H6N3OS.3C4H9.Sn/c1-12(2)18-21-13(3)19(14(4)29(21)23(18)32)16-9-28-11-26-20(24(28)33-16)22(31)15-6-5-7-27(8-15)10-17(25)30;1-10-15(19(23(33)34)28-18(10)16(11(2)29)21(28)32)13-7-27-9-25-17(22(27)35-13)20(31)12-4-3-5-26(6-12)8-14(24)30;1-11(2)16-19-12(3)17(13(4)26(19)21(16)28)15-9-25-10-24-18(22(25)29-15)20(27)14-6-5-7-23-8-14;1-5(2)8-9-6(3)10(7(4)16(9)11(8)17)20-21(18,19)12(13,14)15;15-10(8-2-1-3-12-6-8)9-11-14(7-13-9)4-5-16-11;3*1-3-4-2;/h5-9,11-13,18,21H,10H2,1-4H3,(H-,25,30);3-7,9-11,16,18,29H,8H2,1-2H3,(H2-,24,30,33,34);5-12,16,19H,1-4H3;5-6,8-9H,1-4H3;1-4,6-7H;3*1,3-4H2,2H3;/p+1/t13-,18+,21+;10-,11+,16+,18+;12-,16+,19+;6-,8-,9-;;;;;/m0001...../s1. The molecule has 0 aliphatic carbocycles. The third-order valence-electron chi connectivity index (χ3n) is 29.5. The summed E-state index contributed by atoms with van der Waals surface area (Å²) >= 11 is 3.64. The fourth-order valence-electron chi connectivity index (χ4n) is 22.4. The molecule has 20 heterocycles. The Morgan fingerprint density at radius 2 is 0.816 bits per heavy atom. The predicted octanol–water partition coefficient (Wildman–Crippen LogP) is 13.2. The molecule has 12 aromatic rings. The van der Waals surface area contributed by atoms with E-state index in [0.29, 0.717) is 66.5 Å². The molecular formula is C104H118F3N18O16S5Sn+. The zero-order chi connectivity index (χ0) is 106. The molecule has 34 nitrogen and oxygen atoms in total. The first-order chi connectivity index (χ1) is 69.7. The van der Waals surface area contributed by atoms with Gasteiger partial charge in [0.05, 0.1) is 97.1 Å². The van der Waals surface area contributed by atoms with Gasteiger partial charge in [0.25, 0.3) is 11.8 Å². The van der Waals surface area contributed by atoms with Crippen LogP contribution in [0.25, 0.3) is 36.0 Å². The van der Waals surface area contributed by atoms with Gasteiger partial charge in [-0.2, -0.15) is 30.7 Å². The van der Waals surface area contributed by atoms with Gasteiger partial charge in [-0.25, -0.2) is 15.0 Å². The number of amides is 6. The first kappa shape index (κ1) is 107. The van der Waals surface area contributed by atoms with E-state index in [2.05, 4.69) is 107 Å². The van der Waals surface area contributed by atoms with E-state index < -0.39 is 81.7 Å². The number of nitrogens with two attached hydrogens (primary N) is 2. The van der Waals surface area contributed by atoms with E-state index in [9.17, 15) is 84.5 Å². The summed E-state index contributed by atoms with van der Waals surface area (Å²) < 4.78 is 80.4. The summed E-state index contributed by atoms with van der Waals surface area (Å²) in [6.45, 7) is 33.7. The summed E-state index contributed by atoms with van der Waals surface area (Å²) in [6, 6.07) is 13.4. The molecule has 4 saturated heterocycles. The molecule has 0 bridgehead atoms.